The average Bonchev–Trinajstić information content (AvgIpc) is 2.58. The maximum atomic E-state index is 12.3. The number of hydrogen-bond acceptors (Lipinski definition) is 4. The fourth-order valence-corrected chi connectivity index (χ4v) is 5.25. The summed E-state index contributed by atoms with van der Waals surface area (Å²) in [4.78, 5) is 30.8. The summed E-state index contributed by atoms with van der Waals surface area (Å²) >= 11 is 0. The fourth-order valence-electron chi connectivity index (χ4n) is 5.25. The first kappa shape index (κ1) is 16.2. The summed E-state index contributed by atoms with van der Waals surface area (Å²) in [5.41, 5.74) is 0.465. The van der Waals surface area contributed by atoms with Gasteiger partial charge >= 0.3 is 5.97 Å². The van der Waals surface area contributed by atoms with Gasteiger partial charge in [-0.15, -0.1) is 0 Å². The molecule has 0 bridgehead atoms. The molecule has 5 nitrogen and oxygen atoms in total. The van der Waals surface area contributed by atoms with Crippen LogP contribution in [0.5, 0.6) is 0 Å². The molecule has 2 fully saturated rings. The molecule has 1 saturated heterocycles. The molecule has 0 spiro atoms. The number of esters is 1. The number of carbonyl (C=O) groups is 2. The van der Waals surface area contributed by atoms with Gasteiger partial charge in [0.25, 0.3) is 0 Å². The van der Waals surface area contributed by atoms with Crippen molar-refractivity contribution in [1.29, 1.82) is 0 Å². The lowest BCUT2D eigenvalue weighted by atomic mass is 9.53. The van der Waals surface area contributed by atoms with E-state index >= 15 is 0 Å². The van der Waals surface area contributed by atoms with Crippen molar-refractivity contribution < 1.29 is 14.3 Å². The molecule has 0 aromatic rings. The molecule has 1 heterocycles. The predicted molar refractivity (Wildman–Crippen MR) is 87.9 cm³/mol. The van der Waals surface area contributed by atoms with Crippen LogP contribution in [-0.4, -0.2) is 43.3 Å². The Morgan fingerprint density at radius 1 is 1.43 bits per heavy atom. The molecule has 5 heteroatoms. The second-order valence-electron chi connectivity index (χ2n) is 7.27. The van der Waals surface area contributed by atoms with Crippen LogP contribution in [-0.2, 0) is 14.3 Å². The molecule has 1 unspecified atom stereocenters. The maximum absolute atomic E-state index is 12.3. The first-order valence-corrected chi connectivity index (χ1v) is 8.44. The summed E-state index contributed by atoms with van der Waals surface area (Å²) in [7, 11) is 3.31. The van der Waals surface area contributed by atoms with Gasteiger partial charge in [0, 0.05) is 18.9 Å². The molecule has 0 aromatic carbocycles. The number of rotatable bonds is 2. The van der Waals surface area contributed by atoms with E-state index in [2.05, 4.69) is 24.7 Å². The van der Waals surface area contributed by atoms with Crippen LogP contribution in [0.2, 0.25) is 0 Å². The Balaban J connectivity index is 2.05. The van der Waals surface area contributed by atoms with Gasteiger partial charge in [-0.1, -0.05) is 18.6 Å². The molecule has 2 aliphatic carbocycles. The molecule has 1 saturated carbocycles. The van der Waals surface area contributed by atoms with Crippen LogP contribution in [0.25, 0.3) is 0 Å². The smallest absolute Gasteiger partial charge is 0.309 e. The number of allylic oxidation sites excluding steroid dienone is 1. The quantitative estimate of drug-likeness (QED) is 0.447. The van der Waals surface area contributed by atoms with Crippen LogP contribution in [0.4, 0.5) is 0 Å². The summed E-state index contributed by atoms with van der Waals surface area (Å²) < 4.78 is 5.03. The van der Waals surface area contributed by atoms with E-state index in [1.165, 1.54) is 12.7 Å². The lowest BCUT2D eigenvalue weighted by Gasteiger charge is -2.60. The zero-order valence-electron chi connectivity index (χ0n) is 14.3. The minimum atomic E-state index is -0.581. The SMILES string of the molecule is C=N[C@@]12CCC3C(=CCC[C@@H]3C(=O)OC)[C@@]1(C)CCC(=O)N2C. The van der Waals surface area contributed by atoms with Gasteiger partial charge in [-0.25, -0.2) is 0 Å². The summed E-state index contributed by atoms with van der Waals surface area (Å²) in [5, 5.41) is 0. The molecule has 3 rings (SSSR count). The average molecular weight is 318 g/mol. The van der Waals surface area contributed by atoms with Crippen molar-refractivity contribution in [3.63, 3.8) is 0 Å². The highest BCUT2D eigenvalue weighted by molar-refractivity contribution is 5.79. The lowest BCUT2D eigenvalue weighted by molar-refractivity contribution is -0.156. The van der Waals surface area contributed by atoms with Gasteiger partial charge in [0.1, 0.15) is 5.66 Å². The molecule has 0 N–H and O–H groups in total. The first-order valence-electron chi connectivity index (χ1n) is 8.44. The van der Waals surface area contributed by atoms with Gasteiger partial charge in [-0.05, 0) is 44.7 Å². The Labute approximate surface area is 137 Å². The summed E-state index contributed by atoms with van der Waals surface area (Å²) in [6.45, 7) is 6.03. The summed E-state index contributed by atoms with van der Waals surface area (Å²) in [6.07, 6.45) is 6.91. The van der Waals surface area contributed by atoms with Gasteiger partial charge < -0.3 is 9.64 Å². The number of piperidine rings is 1. The molecular formula is C18H26N2O3. The van der Waals surface area contributed by atoms with Crippen LogP contribution < -0.4 is 0 Å². The Bertz CT molecular complexity index is 585. The van der Waals surface area contributed by atoms with Crippen molar-refractivity contribution in [2.24, 2.45) is 22.2 Å². The number of methoxy groups -OCH3 is 1. The number of amides is 1. The largest absolute Gasteiger partial charge is 0.469 e. The van der Waals surface area contributed by atoms with E-state index in [1.54, 1.807) is 4.90 Å². The number of aliphatic imine (C=N–C) groups is 1. The highest BCUT2D eigenvalue weighted by atomic mass is 16.5. The van der Waals surface area contributed by atoms with Crippen molar-refractivity contribution in [3.05, 3.63) is 11.6 Å². The third-order valence-electron chi connectivity index (χ3n) is 6.59. The van der Waals surface area contributed by atoms with Crippen molar-refractivity contribution in [2.75, 3.05) is 14.2 Å². The second kappa shape index (κ2) is 5.46. The van der Waals surface area contributed by atoms with E-state index < -0.39 is 5.66 Å². The number of carbonyl (C=O) groups excluding carboxylic acids is 2. The Hall–Kier alpha value is -1.65. The third-order valence-corrected chi connectivity index (χ3v) is 6.59. The second-order valence-corrected chi connectivity index (χ2v) is 7.27. The van der Waals surface area contributed by atoms with E-state index in [4.69, 9.17) is 4.74 Å². The Kier molecular flexibility index (Phi) is 3.85. The minimum absolute atomic E-state index is 0.0671. The number of fused-ring (bicyclic) bond motifs is 3. The third kappa shape index (κ3) is 2.01. The predicted octanol–water partition coefficient (Wildman–Crippen LogP) is 2.56. The molecule has 126 valence electrons. The van der Waals surface area contributed by atoms with Crippen molar-refractivity contribution >= 4 is 18.6 Å². The molecule has 4 atom stereocenters. The normalized spacial score (nSPS) is 39.9. The van der Waals surface area contributed by atoms with E-state index in [1.807, 2.05) is 7.05 Å². The summed E-state index contributed by atoms with van der Waals surface area (Å²) in [6, 6.07) is 0. The van der Waals surface area contributed by atoms with Gasteiger partial charge in [-0.3, -0.25) is 14.6 Å². The van der Waals surface area contributed by atoms with Gasteiger partial charge in [0.05, 0.1) is 13.0 Å². The zero-order valence-corrected chi connectivity index (χ0v) is 14.3. The van der Waals surface area contributed by atoms with E-state index in [-0.39, 0.29) is 29.1 Å². The number of hydrogen-bond donors (Lipinski definition) is 0. The van der Waals surface area contributed by atoms with E-state index in [9.17, 15) is 9.59 Å². The number of likely N-dealkylation sites (tertiary alicyclic amines) is 1. The molecule has 3 aliphatic rings. The van der Waals surface area contributed by atoms with Crippen LogP contribution >= 0.6 is 0 Å². The number of nitrogens with zero attached hydrogens (tertiary/aromatic N) is 2. The molecular weight excluding hydrogens is 292 g/mol. The van der Waals surface area contributed by atoms with Gasteiger partial charge in [-0.2, -0.15) is 0 Å². The molecule has 1 aliphatic heterocycles. The highest BCUT2D eigenvalue weighted by Crippen LogP contribution is 2.60. The monoisotopic (exact) mass is 318 g/mol. The summed E-state index contributed by atoms with van der Waals surface area (Å²) in [5.74, 6) is 0.165. The molecule has 0 radical (unpaired) electrons. The molecule has 0 aromatic heterocycles. The highest BCUT2D eigenvalue weighted by Gasteiger charge is 2.61. The lowest BCUT2D eigenvalue weighted by Crippen LogP contribution is -2.65. The van der Waals surface area contributed by atoms with Crippen molar-refractivity contribution in [1.82, 2.24) is 4.90 Å². The zero-order chi connectivity index (χ0) is 16.8. The van der Waals surface area contributed by atoms with E-state index in [0.717, 1.165) is 32.1 Å². The first-order chi connectivity index (χ1) is 10.9. The Morgan fingerprint density at radius 2 is 2.17 bits per heavy atom. The van der Waals surface area contributed by atoms with Crippen LogP contribution in [0.3, 0.4) is 0 Å². The Morgan fingerprint density at radius 3 is 2.83 bits per heavy atom. The topological polar surface area (TPSA) is 59.0 Å². The molecule has 1 amide bonds. The maximum Gasteiger partial charge on any atom is 0.309 e. The minimum Gasteiger partial charge on any atom is -0.469 e. The van der Waals surface area contributed by atoms with Crippen molar-refractivity contribution in [3.8, 4) is 0 Å². The van der Waals surface area contributed by atoms with Gasteiger partial charge in [0.2, 0.25) is 5.91 Å². The standard InChI is InChI=1S/C18H26N2O3/c1-17-10-9-15(21)20(3)18(17,19-2)11-8-12-13(16(22)23-4)6-5-7-14(12)17/h7,12-13H,2,5-6,8-11H2,1,3-4H3/t12?,13-,17+,18+/m0/s1. The van der Waals surface area contributed by atoms with E-state index in [0.29, 0.717) is 6.42 Å². The van der Waals surface area contributed by atoms with Crippen LogP contribution in [0.15, 0.2) is 16.6 Å². The van der Waals surface area contributed by atoms with Crippen LogP contribution in [0.1, 0.15) is 45.4 Å². The fraction of sp³-hybridized carbons (Fsp3) is 0.722. The van der Waals surface area contributed by atoms with Crippen LogP contribution in [0, 0.1) is 17.3 Å². The molecule has 23 heavy (non-hydrogen) atoms. The van der Waals surface area contributed by atoms with Crippen molar-refractivity contribution in [2.45, 2.75) is 51.1 Å². The number of ether oxygens (including phenoxy) is 1. The van der Waals surface area contributed by atoms with Gasteiger partial charge in [0.15, 0.2) is 0 Å².